The molecule has 0 spiro atoms. The van der Waals surface area contributed by atoms with Gasteiger partial charge in [0.25, 0.3) is 0 Å². The standard InChI is InChI=1S/C18H21NO3.C9H13NO2.C9H10O2.ClH.2H2S/c20-13-16(12-15-6-9-17(21)10-7-15)19-18(22)11-8-14-4-2-1-3-5-14;10-8(6-11)5-7-1-3-9(12)4-2-7;10-9(11)7-6-8-4-2-1-3-5-8;;;/h1-7,9-10,16,20-21H,8,11-13H2,(H,19,22);1-4,8,11-12H,5-6,10H2;1-5H,6-7H2,(H,10,11);1H;2*1H2/t16-;8-;;;;/m00..../s1. The second-order valence-corrected chi connectivity index (χ2v) is 10.5. The second kappa shape index (κ2) is 27.3. The molecule has 0 aliphatic rings. The first kappa shape index (κ1) is 46.4. The number of hydrogen-bond acceptors (Lipinski definition) is 7. The Bertz CT molecular complexity index is 1390. The maximum absolute atomic E-state index is 12.0. The molecule has 0 bridgehead atoms. The molecule has 12 heteroatoms. The molecular formula is C36H49ClN2O7S2. The van der Waals surface area contributed by atoms with Gasteiger partial charge in [0.1, 0.15) is 11.5 Å². The zero-order valence-corrected chi connectivity index (χ0v) is 29.6. The minimum absolute atomic E-state index is 0. The monoisotopic (exact) mass is 720 g/mol. The SMILES string of the molecule is Cl.N[C@H](CO)Cc1ccc(O)cc1.O=C(CCc1ccccc1)N[C@H](CO)Cc1ccc(O)cc1.O=C(O)CCc1ccccc1.S.S. The summed E-state index contributed by atoms with van der Waals surface area (Å²) in [6, 6.07) is 32.5. The van der Waals surface area contributed by atoms with Gasteiger partial charge in [0.2, 0.25) is 5.91 Å². The summed E-state index contributed by atoms with van der Waals surface area (Å²) in [6.07, 6.45) is 3.09. The van der Waals surface area contributed by atoms with Gasteiger partial charge in [0.15, 0.2) is 0 Å². The van der Waals surface area contributed by atoms with Crippen LogP contribution in [-0.2, 0) is 35.3 Å². The number of amides is 1. The number of halogens is 1. The molecule has 2 atom stereocenters. The van der Waals surface area contributed by atoms with Gasteiger partial charge in [-0.25, -0.2) is 0 Å². The normalized spacial score (nSPS) is 10.8. The number of hydrogen-bond donors (Lipinski definition) is 7. The number of carboxylic acids is 1. The summed E-state index contributed by atoms with van der Waals surface area (Å²) >= 11 is 0. The number of nitrogens with two attached hydrogens (primary N) is 1. The highest BCUT2D eigenvalue weighted by atomic mass is 35.5. The van der Waals surface area contributed by atoms with Crippen LogP contribution in [0.25, 0.3) is 0 Å². The van der Waals surface area contributed by atoms with Crippen molar-refractivity contribution in [2.75, 3.05) is 13.2 Å². The van der Waals surface area contributed by atoms with Crippen LogP contribution in [0.1, 0.15) is 35.1 Å². The fourth-order valence-electron chi connectivity index (χ4n) is 4.18. The van der Waals surface area contributed by atoms with E-state index in [4.69, 9.17) is 21.1 Å². The summed E-state index contributed by atoms with van der Waals surface area (Å²) in [4.78, 5) is 22.1. The Hall–Kier alpha value is -3.71. The molecule has 0 radical (unpaired) electrons. The molecule has 0 saturated carbocycles. The van der Waals surface area contributed by atoms with Crippen molar-refractivity contribution in [3.63, 3.8) is 0 Å². The molecule has 0 aromatic heterocycles. The molecule has 8 N–H and O–H groups in total. The van der Waals surface area contributed by atoms with Gasteiger partial charge in [-0.2, -0.15) is 27.0 Å². The number of carbonyl (C=O) groups is 2. The molecule has 0 aliphatic heterocycles. The number of aliphatic carboxylic acids is 1. The molecule has 4 aromatic carbocycles. The molecule has 4 aromatic rings. The largest absolute Gasteiger partial charge is 0.508 e. The molecule has 9 nitrogen and oxygen atoms in total. The van der Waals surface area contributed by atoms with E-state index in [9.17, 15) is 19.8 Å². The number of phenolic OH excluding ortho intramolecular Hbond substituents is 2. The van der Waals surface area contributed by atoms with E-state index in [1.165, 1.54) is 0 Å². The Morgan fingerprint density at radius 3 is 1.42 bits per heavy atom. The van der Waals surface area contributed by atoms with Crippen LogP contribution < -0.4 is 11.1 Å². The van der Waals surface area contributed by atoms with Crippen LogP contribution in [0.3, 0.4) is 0 Å². The Morgan fingerprint density at radius 2 is 1.02 bits per heavy atom. The van der Waals surface area contributed by atoms with E-state index in [2.05, 4.69) is 5.32 Å². The number of nitrogens with one attached hydrogen (secondary N) is 1. The fourth-order valence-corrected chi connectivity index (χ4v) is 4.18. The molecule has 0 saturated heterocycles. The van der Waals surface area contributed by atoms with Gasteiger partial charge >= 0.3 is 5.97 Å². The number of benzene rings is 4. The van der Waals surface area contributed by atoms with Crippen molar-refractivity contribution in [3.8, 4) is 11.5 Å². The van der Waals surface area contributed by atoms with E-state index in [0.717, 1.165) is 22.3 Å². The quantitative estimate of drug-likeness (QED) is 0.105. The molecule has 0 fully saturated rings. The average Bonchev–Trinajstić information content (AvgIpc) is 3.06. The van der Waals surface area contributed by atoms with Crippen LogP contribution >= 0.6 is 39.4 Å². The summed E-state index contributed by atoms with van der Waals surface area (Å²) in [5.74, 6) is -0.358. The number of aliphatic hydroxyl groups excluding tert-OH is 2. The number of aryl methyl sites for hydroxylation is 2. The fraction of sp³-hybridized carbons (Fsp3) is 0.278. The lowest BCUT2D eigenvalue weighted by Gasteiger charge is -2.16. The maximum Gasteiger partial charge on any atom is 0.303 e. The number of phenols is 2. The van der Waals surface area contributed by atoms with Crippen molar-refractivity contribution in [2.24, 2.45) is 5.73 Å². The molecule has 0 heterocycles. The van der Waals surface area contributed by atoms with Crippen LogP contribution in [0, 0.1) is 0 Å². The molecule has 0 aliphatic carbocycles. The van der Waals surface area contributed by atoms with Crippen molar-refractivity contribution < 1.29 is 35.1 Å². The van der Waals surface area contributed by atoms with E-state index in [0.29, 0.717) is 32.1 Å². The molecule has 4 rings (SSSR count). The summed E-state index contributed by atoms with van der Waals surface area (Å²) in [5.41, 5.74) is 9.71. The highest BCUT2D eigenvalue weighted by Crippen LogP contribution is 2.12. The number of carbonyl (C=O) groups excluding carboxylic acids is 1. The Morgan fingerprint density at radius 1 is 0.604 bits per heavy atom. The first-order valence-corrected chi connectivity index (χ1v) is 14.8. The third-order valence-corrected chi connectivity index (χ3v) is 6.63. The minimum atomic E-state index is -0.742. The molecule has 264 valence electrons. The predicted octanol–water partition coefficient (Wildman–Crippen LogP) is 4.65. The number of aliphatic hydroxyl groups is 2. The average molecular weight is 721 g/mol. The van der Waals surface area contributed by atoms with Crippen molar-refractivity contribution in [3.05, 3.63) is 131 Å². The number of carboxylic acid groups (broad SMARTS) is 1. The number of aromatic hydroxyl groups is 2. The van der Waals surface area contributed by atoms with E-state index in [1.54, 1.807) is 48.5 Å². The predicted molar refractivity (Wildman–Crippen MR) is 203 cm³/mol. The minimum Gasteiger partial charge on any atom is -0.508 e. The van der Waals surface area contributed by atoms with Gasteiger partial charge in [-0.3, -0.25) is 9.59 Å². The van der Waals surface area contributed by atoms with E-state index in [-0.39, 0.29) is 88.5 Å². The zero-order chi connectivity index (χ0) is 32.9. The topological polar surface area (TPSA) is 173 Å². The molecule has 48 heavy (non-hydrogen) atoms. The molecule has 0 unspecified atom stereocenters. The highest BCUT2D eigenvalue weighted by molar-refractivity contribution is 7.59. The van der Waals surface area contributed by atoms with E-state index < -0.39 is 5.97 Å². The third kappa shape index (κ3) is 21.2. The summed E-state index contributed by atoms with van der Waals surface area (Å²) in [7, 11) is 0. The lowest BCUT2D eigenvalue weighted by Crippen LogP contribution is -2.39. The summed E-state index contributed by atoms with van der Waals surface area (Å²) < 4.78 is 0. The van der Waals surface area contributed by atoms with Crippen molar-refractivity contribution in [1.29, 1.82) is 0 Å². The first-order valence-electron chi connectivity index (χ1n) is 14.8. The highest BCUT2D eigenvalue weighted by Gasteiger charge is 2.12. The number of rotatable bonds is 13. The van der Waals surface area contributed by atoms with Crippen LogP contribution in [0.4, 0.5) is 0 Å². The van der Waals surface area contributed by atoms with Crippen molar-refractivity contribution in [2.45, 2.75) is 50.6 Å². The zero-order valence-electron chi connectivity index (χ0n) is 26.7. The van der Waals surface area contributed by atoms with Gasteiger partial charge in [-0.05, 0) is 72.2 Å². The molecule has 1 amide bonds. The maximum atomic E-state index is 12.0. The van der Waals surface area contributed by atoms with Gasteiger partial charge in [0, 0.05) is 18.9 Å². The smallest absolute Gasteiger partial charge is 0.303 e. The van der Waals surface area contributed by atoms with Crippen molar-refractivity contribution >= 4 is 51.3 Å². The van der Waals surface area contributed by atoms with Crippen LogP contribution in [0.15, 0.2) is 109 Å². The van der Waals surface area contributed by atoms with Gasteiger partial charge in [-0.1, -0.05) is 84.9 Å². The lowest BCUT2D eigenvalue weighted by molar-refractivity contribution is -0.137. The van der Waals surface area contributed by atoms with E-state index in [1.807, 2.05) is 60.7 Å². The Kier molecular flexibility index (Phi) is 26.4. The third-order valence-electron chi connectivity index (χ3n) is 6.63. The van der Waals surface area contributed by atoms with Gasteiger partial charge in [-0.15, -0.1) is 12.4 Å². The van der Waals surface area contributed by atoms with Gasteiger partial charge in [0.05, 0.1) is 19.3 Å². The molecular weight excluding hydrogens is 672 g/mol. The first-order chi connectivity index (χ1) is 21.7. The van der Waals surface area contributed by atoms with Crippen LogP contribution in [0.2, 0.25) is 0 Å². The van der Waals surface area contributed by atoms with Crippen LogP contribution in [0.5, 0.6) is 11.5 Å². The van der Waals surface area contributed by atoms with Gasteiger partial charge < -0.3 is 36.6 Å². The van der Waals surface area contributed by atoms with E-state index >= 15 is 0 Å². The Balaban J connectivity index is 0. The summed E-state index contributed by atoms with van der Waals surface area (Å²) in [5, 5.41) is 47.5. The second-order valence-electron chi connectivity index (χ2n) is 10.5. The van der Waals surface area contributed by atoms with Crippen LogP contribution in [-0.4, -0.2) is 62.7 Å². The summed E-state index contributed by atoms with van der Waals surface area (Å²) in [6.45, 7) is -0.126. The Labute approximate surface area is 303 Å². The lowest BCUT2D eigenvalue weighted by atomic mass is 10.1. The van der Waals surface area contributed by atoms with Crippen molar-refractivity contribution in [1.82, 2.24) is 5.32 Å².